The maximum absolute atomic E-state index is 10.5. The second-order valence-corrected chi connectivity index (χ2v) is 2.74. The predicted octanol–water partition coefficient (Wildman–Crippen LogP) is 1.43. The van der Waals surface area contributed by atoms with E-state index in [9.17, 15) is 4.79 Å². The van der Waals surface area contributed by atoms with Gasteiger partial charge in [-0.1, -0.05) is 11.6 Å². The molecule has 1 unspecified atom stereocenters. The molecule has 1 N–H and O–H groups in total. The third-order valence-electron chi connectivity index (χ3n) is 1.42. The first-order chi connectivity index (χ1) is 6.15. The minimum absolute atomic E-state index is 0.194. The first-order valence-corrected chi connectivity index (χ1v) is 3.77. The highest BCUT2D eigenvalue weighted by Gasteiger charge is 2.19. The molecule has 0 radical (unpaired) electrons. The van der Waals surface area contributed by atoms with Crippen molar-refractivity contribution in [2.24, 2.45) is 0 Å². The van der Waals surface area contributed by atoms with E-state index in [0.717, 1.165) is 0 Å². The Bertz CT molecular complexity index is 355. The van der Waals surface area contributed by atoms with Gasteiger partial charge in [0.15, 0.2) is 5.92 Å². The van der Waals surface area contributed by atoms with Gasteiger partial charge in [0, 0.05) is 6.20 Å². The molecule has 0 amide bonds. The van der Waals surface area contributed by atoms with Crippen molar-refractivity contribution in [2.75, 3.05) is 0 Å². The number of hydrogen-bond acceptors (Lipinski definition) is 3. The zero-order valence-electron chi connectivity index (χ0n) is 6.44. The number of carboxylic acid groups (broad SMARTS) is 1. The van der Waals surface area contributed by atoms with Crippen LogP contribution < -0.4 is 0 Å². The molecule has 4 nitrogen and oxygen atoms in total. The van der Waals surface area contributed by atoms with Crippen LogP contribution >= 0.6 is 11.6 Å². The molecular formula is C8H5ClN2O2. The quantitative estimate of drug-likeness (QED) is 0.777. The molecule has 0 bridgehead atoms. The van der Waals surface area contributed by atoms with Crippen molar-refractivity contribution < 1.29 is 9.90 Å². The molecule has 0 spiro atoms. The van der Waals surface area contributed by atoms with Gasteiger partial charge >= 0.3 is 5.97 Å². The third-order valence-corrected chi connectivity index (χ3v) is 1.65. The van der Waals surface area contributed by atoms with Crippen molar-refractivity contribution in [1.82, 2.24) is 4.98 Å². The number of nitrogens with zero attached hydrogens (tertiary/aromatic N) is 2. The van der Waals surface area contributed by atoms with E-state index in [1.807, 2.05) is 0 Å². The van der Waals surface area contributed by atoms with Gasteiger partial charge in [-0.25, -0.2) is 0 Å². The van der Waals surface area contributed by atoms with Crippen LogP contribution in [0.3, 0.4) is 0 Å². The zero-order chi connectivity index (χ0) is 9.84. The minimum Gasteiger partial charge on any atom is -0.480 e. The largest absolute Gasteiger partial charge is 0.480 e. The van der Waals surface area contributed by atoms with Gasteiger partial charge in [-0.05, 0) is 12.1 Å². The van der Waals surface area contributed by atoms with Crippen LogP contribution in [0.4, 0.5) is 0 Å². The van der Waals surface area contributed by atoms with Crippen molar-refractivity contribution in [1.29, 1.82) is 5.26 Å². The minimum atomic E-state index is -1.22. The Morgan fingerprint density at radius 3 is 2.77 bits per heavy atom. The van der Waals surface area contributed by atoms with E-state index < -0.39 is 11.9 Å². The van der Waals surface area contributed by atoms with E-state index in [2.05, 4.69) is 4.98 Å². The molecule has 66 valence electrons. The smallest absolute Gasteiger partial charge is 0.327 e. The van der Waals surface area contributed by atoms with Crippen molar-refractivity contribution in [3.63, 3.8) is 0 Å². The summed E-state index contributed by atoms with van der Waals surface area (Å²) in [6.07, 6.45) is 1.31. The lowest BCUT2D eigenvalue weighted by Gasteiger charge is -2.01. The van der Waals surface area contributed by atoms with Crippen molar-refractivity contribution in [2.45, 2.75) is 5.92 Å². The molecule has 1 aromatic rings. The van der Waals surface area contributed by atoms with E-state index in [-0.39, 0.29) is 5.69 Å². The van der Waals surface area contributed by atoms with Crippen LogP contribution in [0.15, 0.2) is 18.3 Å². The van der Waals surface area contributed by atoms with Crippen molar-refractivity contribution in [3.05, 3.63) is 29.0 Å². The van der Waals surface area contributed by atoms with Gasteiger partial charge in [-0.15, -0.1) is 0 Å². The standard InChI is InChI=1S/C8H5ClN2O2/c9-5-1-2-7(11-4-5)6(3-10)8(12)13/h1-2,4,6H,(H,12,13). The molecule has 0 aliphatic rings. The Kier molecular flexibility index (Phi) is 2.83. The molecule has 13 heavy (non-hydrogen) atoms. The number of carbonyl (C=O) groups is 1. The molecule has 1 rings (SSSR count). The molecule has 1 heterocycles. The molecule has 1 atom stereocenters. The molecule has 0 aromatic carbocycles. The summed E-state index contributed by atoms with van der Waals surface area (Å²) >= 11 is 5.55. The second-order valence-electron chi connectivity index (χ2n) is 2.30. The first kappa shape index (κ1) is 9.49. The Balaban J connectivity index is 3.01. The van der Waals surface area contributed by atoms with E-state index in [1.165, 1.54) is 18.3 Å². The van der Waals surface area contributed by atoms with Crippen LogP contribution in [-0.4, -0.2) is 16.1 Å². The fourth-order valence-electron chi connectivity index (χ4n) is 0.806. The SMILES string of the molecule is N#CC(C(=O)O)c1ccc(Cl)cn1. The zero-order valence-corrected chi connectivity index (χ0v) is 7.19. The Labute approximate surface area is 79.4 Å². The summed E-state index contributed by atoms with van der Waals surface area (Å²) in [6.45, 7) is 0. The van der Waals surface area contributed by atoms with Crippen molar-refractivity contribution >= 4 is 17.6 Å². The van der Waals surface area contributed by atoms with Crippen LogP contribution in [0, 0.1) is 11.3 Å². The normalized spacial score (nSPS) is 11.7. The third kappa shape index (κ3) is 2.17. The van der Waals surface area contributed by atoms with Crippen LogP contribution in [0.25, 0.3) is 0 Å². The van der Waals surface area contributed by atoms with Gasteiger partial charge in [-0.3, -0.25) is 9.78 Å². The number of rotatable bonds is 2. The van der Waals surface area contributed by atoms with Gasteiger partial charge in [0.2, 0.25) is 0 Å². The molecule has 1 aromatic heterocycles. The van der Waals surface area contributed by atoms with Gasteiger partial charge in [0.05, 0.1) is 16.8 Å². The van der Waals surface area contributed by atoms with Crippen LogP contribution in [-0.2, 0) is 4.79 Å². The molecule has 0 fully saturated rings. The van der Waals surface area contributed by atoms with Crippen LogP contribution in [0.1, 0.15) is 11.6 Å². The monoisotopic (exact) mass is 196 g/mol. The number of hydrogen-bond donors (Lipinski definition) is 1. The highest BCUT2D eigenvalue weighted by molar-refractivity contribution is 6.30. The average molecular weight is 197 g/mol. The van der Waals surface area contributed by atoms with Crippen LogP contribution in [0.5, 0.6) is 0 Å². The number of aromatic nitrogens is 1. The average Bonchev–Trinajstić information content (AvgIpc) is 2.09. The van der Waals surface area contributed by atoms with E-state index in [1.54, 1.807) is 6.07 Å². The summed E-state index contributed by atoms with van der Waals surface area (Å²) in [5.41, 5.74) is 0.194. The summed E-state index contributed by atoms with van der Waals surface area (Å²) in [4.78, 5) is 14.3. The van der Waals surface area contributed by atoms with E-state index >= 15 is 0 Å². The van der Waals surface area contributed by atoms with Crippen molar-refractivity contribution in [3.8, 4) is 6.07 Å². The van der Waals surface area contributed by atoms with Crippen LogP contribution in [0.2, 0.25) is 5.02 Å². The Morgan fingerprint density at radius 2 is 2.38 bits per heavy atom. The van der Waals surface area contributed by atoms with Gasteiger partial charge in [0.25, 0.3) is 0 Å². The maximum Gasteiger partial charge on any atom is 0.327 e. The molecule has 0 aliphatic carbocycles. The first-order valence-electron chi connectivity index (χ1n) is 3.39. The molecular weight excluding hydrogens is 192 g/mol. The summed E-state index contributed by atoms with van der Waals surface area (Å²) in [6, 6.07) is 4.55. The number of pyridine rings is 1. The number of aliphatic carboxylic acids is 1. The predicted molar refractivity (Wildman–Crippen MR) is 45.2 cm³/mol. The van der Waals surface area contributed by atoms with Gasteiger partial charge in [0.1, 0.15) is 0 Å². The summed E-state index contributed by atoms with van der Waals surface area (Å²) in [5.74, 6) is -2.44. The summed E-state index contributed by atoms with van der Waals surface area (Å²) in [5, 5.41) is 17.5. The number of carboxylic acids is 1. The van der Waals surface area contributed by atoms with Gasteiger partial charge in [-0.2, -0.15) is 5.26 Å². The summed E-state index contributed by atoms with van der Waals surface area (Å²) in [7, 11) is 0. The van der Waals surface area contributed by atoms with E-state index in [0.29, 0.717) is 5.02 Å². The lowest BCUT2D eigenvalue weighted by Crippen LogP contribution is -2.10. The number of nitriles is 1. The Morgan fingerprint density at radius 1 is 1.69 bits per heavy atom. The molecule has 0 aliphatic heterocycles. The summed E-state index contributed by atoms with van der Waals surface area (Å²) < 4.78 is 0. The number of halogens is 1. The maximum atomic E-state index is 10.5. The topological polar surface area (TPSA) is 74.0 Å². The van der Waals surface area contributed by atoms with Gasteiger partial charge < -0.3 is 5.11 Å². The fourth-order valence-corrected chi connectivity index (χ4v) is 0.918. The Hall–Kier alpha value is -1.60. The lowest BCUT2D eigenvalue weighted by molar-refractivity contribution is -0.137. The second kappa shape index (κ2) is 3.87. The highest BCUT2D eigenvalue weighted by atomic mass is 35.5. The fraction of sp³-hybridized carbons (Fsp3) is 0.125. The van der Waals surface area contributed by atoms with E-state index in [4.69, 9.17) is 22.0 Å². The lowest BCUT2D eigenvalue weighted by atomic mass is 10.1. The molecule has 5 heteroatoms. The molecule has 0 saturated heterocycles. The highest BCUT2D eigenvalue weighted by Crippen LogP contribution is 2.14. The molecule has 0 saturated carbocycles.